The number of nitrogens with zero attached hydrogens (tertiary/aromatic N) is 3. The lowest BCUT2D eigenvalue weighted by Gasteiger charge is -2.28. The van der Waals surface area contributed by atoms with E-state index in [2.05, 4.69) is 10.4 Å². The number of amides is 3. The Bertz CT molecular complexity index is 1030. The molecule has 0 aromatic heterocycles. The fourth-order valence-electron chi connectivity index (χ4n) is 3.57. The highest BCUT2D eigenvalue weighted by Gasteiger charge is 2.34. The third-order valence-electron chi connectivity index (χ3n) is 5.27. The monoisotopic (exact) mass is 452 g/mol. The van der Waals surface area contributed by atoms with Crippen molar-refractivity contribution in [2.24, 2.45) is 5.10 Å². The Kier molecular flexibility index (Phi) is 7.26. The van der Waals surface area contributed by atoms with Crippen LogP contribution in [0.1, 0.15) is 44.4 Å². The molecular weight excluding hydrogens is 420 g/mol. The zero-order valence-corrected chi connectivity index (χ0v) is 20.1. The third-order valence-corrected chi connectivity index (χ3v) is 5.27. The van der Waals surface area contributed by atoms with Crippen LogP contribution in [0.2, 0.25) is 0 Å². The third kappa shape index (κ3) is 6.03. The average Bonchev–Trinajstić information content (AvgIpc) is 3.23. The number of benzene rings is 2. The molecule has 3 rings (SSSR count). The van der Waals surface area contributed by atoms with E-state index in [1.54, 1.807) is 21.3 Å². The zero-order valence-electron chi connectivity index (χ0n) is 20.1. The predicted octanol–water partition coefficient (Wildman–Crippen LogP) is 3.82. The lowest BCUT2D eigenvalue weighted by molar-refractivity contribution is -0.133. The number of hydrazone groups is 1. The highest BCUT2D eigenvalue weighted by Crippen LogP contribution is 2.34. The lowest BCUT2D eigenvalue weighted by Crippen LogP contribution is -2.49. The van der Waals surface area contributed by atoms with E-state index in [0.717, 1.165) is 28.3 Å². The van der Waals surface area contributed by atoms with Gasteiger partial charge < -0.3 is 19.7 Å². The summed E-state index contributed by atoms with van der Waals surface area (Å²) >= 11 is 0. The van der Waals surface area contributed by atoms with E-state index in [0.29, 0.717) is 6.42 Å². The quantitative estimate of drug-likeness (QED) is 0.722. The molecule has 3 amide bonds. The molecule has 0 bridgehead atoms. The van der Waals surface area contributed by atoms with Crippen LogP contribution in [0.25, 0.3) is 0 Å². The molecule has 0 aliphatic carbocycles. The second-order valence-electron chi connectivity index (χ2n) is 9.05. The molecule has 0 fully saturated rings. The highest BCUT2D eigenvalue weighted by molar-refractivity contribution is 6.03. The fourth-order valence-corrected chi connectivity index (χ4v) is 3.57. The second kappa shape index (κ2) is 9.94. The zero-order chi connectivity index (χ0) is 24.2. The number of ether oxygens (including phenoxy) is 2. The van der Waals surface area contributed by atoms with E-state index in [1.165, 1.54) is 9.91 Å². The number of hydrogen-bond donors (Lipinski definition) is 1. The van der Waals surface area contributed by atoms with Crippen LogP contribution in [0, 0.1) is 0 Å². The first-order chi connectivity index (χ1) is 15.6. The molecule has 33 heavy (non-hydrogen) atoms. The van der Waals surface area contributed by atoms with Crippen molar-refractivity contribution in [3.63, 3.8) is 0 Å². The molecule has 2 aromatic rings. The van der Waals surface area contributed by atoms with Crippen molar-refractivity contribution in [1.29, 1.82) is 0 Å². The number of carbonyl (C=O) groups is 2. The molecule has 1 heterocycles. The van der Waals surface area contributed by atoms with Crippen LogP contribution >= 0.6 is 0 Å². The van der Waals surface area contributed by atoms with E-state index >= 15 is 0 Å². The van der Waals surface area contributed by atoms with E-state index in [1.807, 2.05) is 69.3 Å². The Morgan fingerprint density at radius 1 is 1.09 bits per heavy atom. The SMILES string of the molecule is COc1ccc(C2CC(c3cccc(OC)c3)=NN2C(=O)CN(C)C(=O)NC(C)(C)C)cc1. The predicted molar refractivity (Wildman–Crippen MR) is 128 cm³/mol. The van der Waals surface area contributed by atoms with E-state index in [9.17, 15) is 9.59 Å². The van der Waals surface area contributed by atoms with Crippen LogP contribution in [0.3, 0.4) is 0 Å². The first-order valence-corrected chi connectivity index (χ1v) is 10.8. The first-order valence-electron chi connectivity index (χ1n) is 10.8. The van der Waals surface area contributed by atoms with Crippen molar-refractivity contribution < 1.29 is 19.1 Å². The molecule has 1 aliphatic rings. The molecule has 1 atom stereocenters. The summed E-state index contributed by atoms with van der Waals surface area (Å²) in [4.78, 5) is 27.1. The number of urea groups is 1. The Hall–Kier alpha value is -3.55. The Balaban J connectivity index is 1.87. The summed E-state index contributed by atoms with van der Waals surface area (Å²) < 4.78 is 10.6. The lowest BCUT2D eigenvalue weighted by atomic mass is 9.98. The number of carbonyl (C=O) groups excluding carboxylic acids is 2. The van der Waals surface area contributed by atoms with Gasteiger partial charge in [0.05, 0.1) is 26.0 Å². The molecule has 8 heteroatoms. The van der Waals surface area contributed by atoms with E-state index < -0.39 is 5.54 Å². The van der Waals surface area contributed by atoms with E-state index in [-0.39, 0.29) is 24.5 Å². The molecule has 176 valence electrons. The van der Waals surface area contributed by atoms with Gasteiger partial charge in [-0.1, -0.05) is 24.3 Å². The van der Waals surface area contributed by atoms with Gasteiger partial charge in [0.2, 0.25) is 0 Å². The minimum absolute atomic E-state index is 0.0938. The van der Waals surface area contributed by atoms with Crippen molar-refractivity contribution in [3.05, 3.63) is 59.7 Å². The number of likely N-dealkylation sites (N-methyl/N-ethyl adjacent to an activating group) is 1. The van der Waals surface area contributed by atoms with Gasteiger partial charge in [0.25, 0.3) is 5.91 Å². The van der Waals surface area contributed by atoms with Gasteiger partial charge in [-0.05, 0) is 50.6 Å². The van der Waals surface area contributed by atoms with Gasteiger partial charge in [0, 0.05) is 24.6 Å². The largest absolute Gasteiger partial charge is 0.497 e. The molecule has 1 N–H and O–H groups in total. The summed E-state index contributed by atoms with van der Waals surface area (Å²) in [6, 6.07) is 14.6. The van der Waals surface area contributed by atoms with Gasteiger partial charge in [0.15, 0.2) is 0 Å². The molecular formula is C25H32N4O4. The van der Waals surface area contributed by atoms with Crippen LogP contribution in [0.5, 0.6) is 11.5 Å². The number of hydrogen-bond acceptors (Lipinski definition) is 5. The fraction of sp³-hybridized carbons (Fsp3) is 0.400. The molecule has 0 saturated carbocycles. The van der Waals surface area contributed by atoms with Crippen molar-refractivity contribution in [3.8, 4) is 11.5 Å². The Morgan fingerprint density at radius 2 is 1.76 bits per heavy atom. The average molecular weight is 453 g/mol. The van der Waals surface area contributed by atoms with Crippen LogP contribution < -0.4 is 14.8 Å². The maximum absolute atomic E-state index is 13.3. The normalized spacial score (nSPS) is 15.6. The molecule has 2 aromatic carbocycles. The summed E-state index contributed by atoms with van der Waals surface area (Å²) in [5, 5.41) is 9.03. The highest BCUT2D eigenvalue weighted by atomic mass is 16.5. The van der Waals surface area contributed by atoms with Crippen LogP contribution in [-0.4, -0.2) is 60.9 Å². The smallest absolute Gasteiger partial charge is 0.318 e. The van der Waals surface area contributed by atoms with Crippen molar-refractivity contribution >= 4 is 17.6 Å². The summed E-state index contributed by atoms with van der Waals surface area (Å²) in [5.74, 6) is 1.20. The topological polar surface area (TPSA) is 83.5 Å². The maximum atomic E-state index is 13.3. The van der Waals surface area contributed by atoms with Crippen LogP contribution in [0.15, 0.2) is 53.6 Å². The number of nitrogens with one attached hydrogen (secondary N) is 1. The van der Waals surface area contributed by atoms with Crippen molar-refractivity contribution in [1.82, 2.24) is 15.2 Å². The van der Waals surface area contributed by atoms with Gasteiger partial charge in [-0.3, -0.25) is 4.79 Å². The van der Waals surface area contributed by atoms with Crippen LogP contribution in [0.4, 0.5) is 4.79 Å². The van der Waals surface area contributed by atoms with Gasteiger partial charge in [-0.2, -0.15) is 5.10 Å². The molecule has 1 unspecified atom stereocenters. The molecule has 0 radical (unpaired) electrons. The van der Waals surface area contributed by atoms with Crippen LogP contribution in [-0.2, 0) is 4.79 Å². The molecule has 0 saturated heterocycles. The summed E-state index contributed by atoms with van der Waals surface area (Å²) in [6.45, 7) is 5.59. The Labute approximate surface area is 195 Å². The summed E-state index contributed by atoms with van der Waals surface area (Å²) in [5.41, 5.74) is 2.21. The minimum atomic E-state index is -0.397. The van der Waals surface area contributed by atoms with E-state index in [4.69, 9.17) is 9.47 Å². The standard InChI is InChI=1S/C25H32N4O4/c1-25(2,3)26-24(31)28(4)16-23(30)29-22(17-10-12-19(32-5)13-11-17)15-21(27-29)18-8-7-9-20(14-18)33-6/h7-14,22H,15-16H2,1-6H3,(H,26,31). The summed E-state index contributed by atoms with van der Waals surface area (Å²) in [6.07, 6.45) is 0.545. The molecule has 0 spiro atoms. The number of rotatable bonds is 6. The van der Waals surface area contributed by atoms with Gasteiger partial charge >= 0.3 is 6.03 Å². The van der Waals surface area contributed by atoms with Gasteiger partial charge in [-0.25, -0.2) is 9.80 Å². The molecule has 1 aliphatic heterocycles. The second-order valence-corrected chi connectivity index (χ2v) is 9.05. The first kappa shape index (κ1) is 24.1. The van der Waals surface area contributed by atoms with Crippen molar-refractivity contribution in [2.75, 3.05) is 27.8 Å². The molecule has 8 nitrogen and oxygen atoms in total. The maximum Gasteiger partial charge on any atom is 0.318 e. The van der Waals surface area contributed by atoms with Gasteiger partial charge in [-0.15, -0.1) is 0 Å². The number of methoxy groups -OCH3 is 2. The Morgan fingerprint density at radius 3 is 2.36 bits per heavy atom. The van der Waals surface area contributed by atoms with Gasteiger partial charge in [0.1, 0.15) is 18.0 Å². The van der Waals surface area contributed by atoms with Crippen molar-refractivity contribution in [2.45, 2.75) is 38.8 Å². The minimum Gasteiger partial charge on any atom is -0.497 e. The summed E-state index contributed by atoms with van der Waals surface area (Å²) in [7, 11) is 4.83.